The Labute approximate surface area is 132 Å². The molecule has 4 heteroatoms. The lowest BCUT2D eigenvalue weighted by atomic mass is 9.87. The number of nitrogens with one attached hydrogen (secondary N) is 1. The minimum absolute atomic E-state index is 0.325. The van der Waals surface area contributed by atoms with Crippen molar-refractivity contribution in [3.63, 3.8) is 0 Å². The Morgan fingerprint density at radius 3 is 2.86 bits per heavy atom. The lowest BCUT2D eigenvalue weighted by molar-refractivity contribution is 0.0260. The van der Waals surface area contributed by atoms with Gasteiger partial charge in [-0.05, 0) is 29.9 Å². The lowest BCUT2D eigenvalue weighted by Gasteiger charge is -2.28. The second-order valence-electron chi connectivity index (χ2n) is 6.60. The number of aliphatic hydroxyl groups excluding tert-OH is 1. The summed E-state index contributed by atoms with van der Waals surface area (Å²) in [5, 5.41) is 14.2. The van der Waals surface area contributed by atoms with Gasteiger partial charge in [-0.2, -0.15) is 0 Å². The van der Waals surface area contributed by atoms with Gasteiger partial charge in [0.2, 0.25) is 0 Å². The maximum atomic E-state index is 10.0. The van der Waals surface area contributed by atoms with E-state index in [1.54, 1.807) is 0 Å². The van der Waals surface area contributed by atoms with Gasteiger partial charge in [0.1, 0.15) is 0 Å². The van der Waals surface area contributed by atoms with Gasteiger partial charge >= 0.3 is 0 Å². The van der Waals surface area contributed by atoms with Crippen molar-refractivity contribution in [3.05, 3.63) is 34.9 Å². The van der Waals surface area contributed by atoms with E-state index in [0.29, 0.717) is 36.2 Å². The first-order valence-electron chi connectivity index (χ1n) is 7.71. The normalized spacial score (nSPS) is 22.4. The summed E-state index contributed by atoms with van der Waals surface area (Å²) in [6.07, 6.45) is 3.23. The summed E-state index contributed by atoms with van der Waals surface area (Å²) >= 11 is 6.06. The fourth-order valence-electron chi connectivity index (χ4n) is 2.96. The van der Waals surface area contributed by atoms with Crippen LogP contribution < -0.4 is 5.32 Å². The zero-order valence-corrected chi connectivity index (χ0v) is 13.7. The van der Waals surface area contributed by atoms with Crippen molar-refractivity contribution in [3.8, 4) is 0 Å². The van der Waals surface area contributed by atoms with Crippen molar-refractivity contribution >= 4 is 11.6 Å². The molecule has 0 heterocycles. The van der Waals surface area contributed by atoms with Crippen LogP contribution in [0, 0.1) is 5.41 Å². The molecule has 1 aliphatic rings. The van der Waals surface area contributed by atoms with Gasteiger partial charge in [0.05, 0.1) is 19.3 Å². The van der Waals surface area contributed by atoms with Gasteiger partial charge < -0.3 is 15.2 Å². The molecule has 21 heavy (non-hydrogen) atoms. The van der Waals surface area contributed by atoms with Crippen LogP contribution in [-0.4, -0.2) is 30.4 Å². The molecular weight excluding hydrogens is 286 g/mol. The quantitative estimate of drug-likeness (QED) is 0.811. The number of aliphatic hydroxyl groups is 1. The SMILES string of the molecule is CC1(C)CCCC1NCC(O)COCc1ccccc1Cl. The van der Waals surface area contributed by atoms with Crippen LogP contribution in [0.1, 0.15) is 38.7 Å². The van der Waals surface area contributed by atoms with Crippen LogP contribution in [0.5, 0.6) is 0 Å². The zero-order valence-electron chi connectivity index (χ0n) is 12.9. The van der Waals surface area contributed by atoms with Crippen molar-refractivity contribution in [1.82, 2.24) is 5.32 Å². The molecular formula is C17H26ClNO2. The van der Waals surface area contributed by atoms with E-state index in [1.807, 2.05) is 24.3 Å². The first-order valence-corrected chi connectivity index (χ1v) is 8.09. The zero-order chi connectivity index (χ0) is 15.3. The molecule has 1 aliphatic carbocycles. The largest absolute Gasteiger partial charge is 0.389 e. The van der Waals surface area contributed by atoms with E-state index < -0.39 is 6.10 Å². The summed E-state index contributed by atoms with van der Waals surface area (Å²) < 4.78 is 5.56. The minimum atomic E-state index is -0.483. The molecule has 0 spiro atoms. The molecule has 1 aromatic rings. The van der Waals surface area contributed by atoms with E-state index in [0.717, 1.165) is 5.56 Å². The molecule has 2 rings (SSSR count). The number of hydrogen-bond donors (Lipinski definition) is 2. The Morgan fingerprint density at radius 2 is 2.19 bits per heavy atom. The third kappa shape index (κ3) is 4.96. The molecule has 0 amide bonds. The van der Waals surface area contributed by atoms with Crippen LogP contribution in [0.2, 0.25) is 5.02 Å². The van der Waals surface area contributed by atoms with E-state index in [4.69, 9.17) is 16.3 Å². The molecule has 1 fully saturated rings. The van der Waals surface area contributed by atoms with Crippen molar-refractivity contribution in [2.45, 2.75) is 51.9 Å². The molecule has 0 saturated heterocycles. The smallest absolute Gasteiger partial charge is 0.0897 e. The van der Waals surface area contributed by atoms with Crippen molar-refractivity contribution in [1.29, 1.82) is 0 Å². The fraction of sp³-hybridized carbons (Fsp3) is 0.647. The molecule has 1 aromatic carbocycles. The van der Waals surface area contributed by atoms with E-state index in [2.05, 4.69) is 19.2 Å². The monoisotopic (exact) mass is 311 g/mol. The lowest BCUT2D eigenvalue weighted by Crippen LogP contribution is -2.42. The minimum Gasteiger partial charge on any atom is -0.389 e. The molecule has 1 saturated carbocycles. The van der Waals surface area contributed by atoms with Crippen LogP contribution in [0.15, 0.2) is 24.3 Å². The van der Waals surface area contributed by atoms with E-state index in [1.165, 1.54) is 19.3 Å². The molecule has 2 N–H and O–H groups in total. The summed E-state index contributed by atoms with van der Waals surface area (Å²) in [5.74, 6) is 0. The number of benzene rings is 1. The predicted molar refractivity (Wildman–Crippen MR) is 86.5 cm³/mol. The highest BCUT2D eigenvalue weighted by molar-refractivity contribution is 6.31. The summed E-state index contributed by atoms with van der Waals surface area (Å²) in [6, 6.07) is 8.11. The third-order valence-electron chi connectivity index (χ3n) is 4.38. The van der Waals surface area contributed by atoms with Gasteiger partial charge in [0.15, 0.2) is 0 Å². The summed E-state index contributed by atoms with van der Waals surface area (Å²) in [5.41, 5.74) is 1.29. The van der Waals surface area contributed by atoms with E-state index in [9.17, 15) is 5.11 Å². The molecule has 2 unspecified atom stereocenters. The van der Waals surface area contributed by atoms with Gasteiger partial charge in [0.25, 0.3) is 0 Å². The van der Waals surface area contributed by atoms with Crippen LogP contribution in [-0.2, 0) is 11.3 Å². The second kappa shape index (κ2) is 7.59. The molecule has 3 nitrogen and oxygen atoms in total. The number of rotatable bonds is 7. The van der Waals surface area contributed by atoms with E-state index >= 15 is 0 Å². The van der Waals surface area contributed by atoms with Crippen molar-refractivity contribution in [2.24, 2.45) is 5.41 Å². The Morgan fingerprint density at radius 1 is 1.43 bits per heavy atom. The molecule has 0 aromatic heterocycles. The Hall–Kier alpha value is -0.610. The highest BCUT2D eigenvalue weighted by atomic mass is 35.5. The standard InChI is InChI=1S/C17H26ClNO2/c1-17(2)9-5-8-16(17)19-10-14(20)12-21-11-13-6-3-4-7-15(13)18/h3-4,6-7,14,16,19-20H,5,8-12H2,1-2H3. The molecule has 0 aliphatic heterocycles. The molecule has 2 atom stereocenters. The van der Waals surface area contributed by atoms with Crippen molar-refractivity contribution in [2.75, 3.05) is 13.2 Å². The molecule has 0 bridgehead atoms. The van der Waals surface area contributed by atoms with Crippen LogP contribution in [0.25, 0.3) is 0 Å². The van der Waals surface area contributed by atoms with Crippen LogP contribution in [0.4, 0.5) is 0 Å². The van der Waals surface area contributed by atoms with E-state index in [-0.39, 0.29) is 0 Å². The van der Waals surface area contributed by atoms with Gasteiger partial charge in [-0.15, -0.1) is 0 Å². The van der Waals surface area contributed by atoms with Gasteiger partial charge in [-0.1, -0.05) is 50.1 Å². The number of ether oxygens (including phenoxy) is 1. The maximum absolute atomic E-state index is 10.0. The highest BCUT2D eigenvalue weighted by Gasteiger charge is 2.34. The van der Waals surface area contributed by atoms with Gasteiger partial charge in [-0.25, -0.2) is 0 Å². The summed E-state index contributed by atoms with van der Waals surface area (Å²) in [6.45, 7) is 5.92. The van der Waals surface area contributed by atoms with Crippen LogP contribution >= 0.6 is 11.6 Å². The van der Waals surface area contributed by atoms with Crippen molar-refractivity contribution < 1.29 is 9.84 Å². The number of hydrogen-bond acceptors (Lipinski definition) is 3. The third-order valence-corrected chi connectivity index (χ3v) is 4.75. The topological polar surface area (TPSA) is 41.5 Å². The average Bonchev–Trinajstić information content (AvgIpc) is 2.77. The first kappa shape index (κ1) is 16.8. The second-order valence-corrected chi connectivity index (χ2v) is 7.01. The molecule has 118 valence electrons. The maximum Gasteiger partial charge on any atom is 0.0897 e. The number of halogens is 1. The van der Waals surface area contributed by atoms with Crippen LogP contribution in [0.3, 0.4) is 0 Å². The first-order chi connectivity index (χ1) is 9.99. The highest BCUT2D eigenvalue weighted by Crippen LogP contribution is 2.37. The Kier molecular flexibility index (Phi) is 6.06. The fourth-order valence-corrected chi connectivity index (χ4v) is 3.15. The van der Waals surface area contributed by atoms with Gasteiger partial charge in [-0.3, -0.25) is 0 Å². The average molecular weight is 312 g/mol. The predicted octanol–water partition coefficient (Wildman–Crippen LogP) is 3.39. The summed E-state index contributed by atoms with van der Waals surface area (Å²) in [7, 11) is 0. The van der Waals surface area contributed by atoms with Gasteiger partial charge in [0, 0.05) is 17.6 Å². The Bertz CT molecular complexity index is 450. The summed E-state index contributed by atoms with van der Waals surface area (Å²) in [4.78, 5) is 0. The Balaban J connectivity index is 1.66. The molecule has 0 radical (unpaired) electrons.